The van der Waals surface area contributed by atoms with Crippen LogP contribution in [0.15, 0.2) is 35.2 Å². The minimum Gasteiger partial charge on any atom is -0.481 e. The summed E-state index contributed by atoms with van der Waals surface area (Å²) in [4.78, 5) is 26.2. The van der Waals surface area contributed by atoms with Gasteiger partial charge in [-0.15, -0.1) is 11.8 Å². The Hall–Kier alpha value is -1.49. The molecule has 2 atom stereocenters. The molecule has 1 heterocycles. The molecule has 1 aromatic rings. The molecule has 1 saturated heterocycles. The Morgan fingerprint density at radius 3 is 2.65 bits per heavy atom. The third kappa shape index (κ3) is 3.54. The fraction of sp³-hybridized carbons (Fsp3) is 0.467. The zero-order valence-corrected chi connectivity index (χ0v) is 12.3. The quantitative estimate of drug-likeness (QED) is 0.847. The third-order valence-electron chi connectivity index (χ3n) is 3.52. The Bertz CT molecular complexity index is 477. The van der Waals surface area contributed by atoms with Gasteiger partial charge in [-0.05, 0) is 25.0 Å². The van der Waals surface area contributed by atoms with Gasteiger partial charge in [-0.2, -0.15) is 0 Å². The predicted octanol–water partition coefficient (Wildman–Crippen LogP) is 2.49. The SMILES string of the molecule is CCC(Sc1ccccc1)C(=O)N1CCC(C(=O)O)C1. The first-order chi connectivity index (χ1) is 9.61. The van der Waals surface area contributed by atoms with Gasteiger partial charge in [0, 0.05) is 18.0 Å². The van der Waals surface area contributed by atoms with Crippen molar-refractivity contribution in [2.24, 2.45) is 5.92 Å². The van der Waals surface area contributed by atoms with Gasteiger partial charge in [0.1, 0.15) is 0 Å². The number of carbonyl (C=O) groups excluding carboxylic acids is 1. The number of benzene rings is 1. The summed E-state index contributed by atoms with van der Waals surface area (Å²) in [6, 6.07) is 9.84. The van der Waals surface area contributed by atoms with E-state index in [0.717, 1.165) is 11.3 Å². The molecule has 2 unspecified atom stereocenters. The van der Waals surface area contributed by atoms with Crippen molar-refractivity contribution in [2.75, 3.05) is 13.1 Å². The van der Waals surface area contributed by atoms with Crippen LogP contribution in [0.5, 0.6) is 0 Å². The van der Waals surface area contributed by atoms with Gasteiger partial charge in [0.25, 0.3) is 0 Å². The van der Waals surface area contributed by atoms with Crippen LogP contribution in [-0.2, 0) is 9.59 Å². The van der Waals surface area contributed by atoms with Crippen molar-refractivity contribution >= 4 is 23.6 Å². The molecular formula is C15H19NO3S. The number of thioether (sulfide) groups is 1. The fourth-order valence-corrected chi connectivity index (χ4v) is 3.40. The van der Waals surface area contributed by atoms with Gasteiger partial charge >= 0.3 is 5.97 Å². The van der Waals surface area contributed by atoms with Crippen molar-refractivity contribution in [3.05, 3.63) is 30.3 Å². The molecule has 0 saturated carbocycles. The van der Waals surface area contributed by atoms with Crippen molar-refractivity contribution in [1.29, 1.82) is 0 Å². The Morgan fingerprint density at radius 2 is 2.10 bits per heavy atom. The lowest BCUT2D eigenvalue weighted by Crippen LogP contribution is -2.36. The molecule has 1 amide bonds. The van der Waals surface area contributed by atoms with Gasteiger partial charge in [0.2, 0.25) is 5.91 Å². The van der Waals surface area contributed by atoms with E-state index >= 15 is 0 Å². The smallest absolute Gasteiger partial charge is 0.308 e. The number of rotatable bonds is 5. The van der Waals surface area contributed by atoms with Crippen LogP contribution < -0.4 is 0 Å². The average Bonchev–Trinajstić information content (AvgIpc) is 2.95. The van der Waals surface area contributed by atoms with Crippen LogP contribution in [0.1, 0.15) is 19.8 Å². The van der Waals surface area contributed by atoms with E-state index in [-0.39, 0.29) is 11.2 Å². The van der Waals surface area contributed by atoms with E-state index in [4.69, 9.17) is 5.11 Å². The van der Waals surface area contributed by atoms with Crippen LogP contribution in [0.3, 0.4) is 0 Å². The highest BCUT2D eigenvalue weighted by atomic mass is 32.2. The van der Waals surface area contributed by atoms with Gasteiger partial charge < -0.3 is 10.0 Å². The zero-order chi connectivity index (χ0) is 14.5. The molecule has 0 radical (unpaired) electrons. The summed E-state index contributed by atoms with van der Waals surface area (Å²) >= 11 is 1.55. The van der Waals surface area contributed by atoms with Gasteiger partial charge in [0.15, 0.2) is 0 Å². The number of carbonyl (C=O) groups is 2. The summed E-state index contributed by atoms with van der Waals surface area (Å²) in [5, 5.41) is 8.87. The Kier molecular flexibility index (Phi) is 5.06. The molecule has 5 heteroatoms. The largest absolute Gasteiger partial charge is 0.481 e. The summed E-state index contributed by atoms with van der Waals surface area (Å²) in [5.74, 6) is -1.15. The Balaban J connectivity index is 1.98. The lowest BCUT2D eigenvalue weighted by atomic mass is 10.1. The fourth-order valence-electron chi connectivity index (χ4n) is 2.34. The summed E-state index contributed by atoms with van der Waals surface area (Å²) in [7, 11) is 0. The second-order valence-corrected chi connectivity index (χ2v) is 6.21. The third-order valence-corrected chi connectivity index (χ3v) is 4.88. The summed E-state index contributed by atoms with van der Waals surface area (Å²) in [5.41, 5.74) is 0. The van der Waals surface area contributed by atoms with E-state index in [2.05, 4.69) is 0 Å². The second kappa shape index (κ2) is 6.79. The Labute approximate surface area is 123 Å². The number of nitrogens with zero attached hydrogens (tertiary/aromatic N) is 1. The molecule has 20 heavy (non-hydrogen) atoms. The Morgan fingerprint density at radius 1 is 1.40 bits per heavy atom. The second-order valence-electron chi connectivity index (χ2n) is 4.94. The van der Waals surface area contributed by atoms with Crippen LogP contribution in [0, 0.1) is 5.92 Å². The highest BCUT2D eigenvalue weighted by Crippen LogP contribution is 2.28. The molecule has 4 nitrogen and oxygen atoms in total. The van der Waals surface area contributed by atoms with E-state index in [1.54, 1.807) is 16.7 Å². The predicted molar refractivity (Wildman–Crippen MR) is 78.7 cm³/mol. The lowest BCUT2D eigenvalue weighted by molar-refractivity contribution is -0.141. The van der Waals surface area contributed by atoms with Gasteiger partial charge in [-0.25, -0.2) is 0 Å². The first-order valence-corrected chi connectivity index (χ1v) is 7.73. The van der Waals surface area contributed by atoms with Gasteiger partial charge in [-0.3, -0.25) is 9.59 Å². The van der Waals surface area contributed by atoms with Crippen molar-refractivity contribution in [1.82, 2.24) is 4.90 Å². The average molecular weight is 293 g/mol. The molecule has 1 aromatic carbocycles. The maximum Gasteiger partial charge on any atom is 0.308 e. The van der Waals surface area contributed by atoms with Gasteiger partial charge in [-0.1, -0.05) is 25.1 Å². The first-order valence-electron chi connectivity index (χ1n) is 6.85. The molecule has 0 aromatic heterocycles. The van der Waals surface area contributed by atoms with Crippen LogP contribution >= 0.6 is 11.8 Å². The molecular weight excluding hydrogens is 274 g/mol. The number of amides is 1. The summed E-state index contributed by atoms with van der Waals surface area (Å²) in [6.07, 6.45) is 1.31. The summed E-state index contributed by atoms with van der Waals surface area (Å²) < 4.78 is 0. The van der Waals surface area contributed by atoms with E-state index in [1.165, 1.54) is 0 Å². The molecule has 1 aliphatic heterocycles. The number of likely N-dealkylation sites (tertiary alicyclic amines) is 1. The zero-order valence-electron chi connectivity index (χ0n) is 11.5. The van der Waals surface area contributed by atoms with Crippen molar-refractivity contribution < 1.29 is 14.7 Å². The number of hydrogen-bond acceptors (Lipinski definition) is 3. The van der Waals surface area contributed by atoms with Crippen molar-refractivity contribution in [3.8, 4) is 0 Å². The van der Waals surface area contributed by atoms with E-state index in [9.17, 15) is 9.59 Å². The van der Waals surface area contributed by atoms with E-state index in [1.807, 2.05) is 37.3 Å². The maximum atomic E-state index is 12.5. The standard InChI is InChI=1S/C15H19NO3S/c1-2-13(20-12-6-4-3-5-7-12)14(17)16-9-8-11(10-16)15(18)19/h3-7,11,13H,2,8-10H2,1H3,(H,18,19). The van der Waals surface area contributed by atoms with Crippen LogP contribution in [-0.4, -0.2) is 40.2 Å². The molecule has 1 N–H and O–H groups in total. The molecule has 2 rings (SSSR count). The minimum atomic E-state index is -0.802. The number of carboxylic acid groups (broad SMARTS) is 1. The highest BCUT2D eigenvalue weighted by molar-refractivity contribution is 8.00. The first kappa shape index (κ1) is 14.9. The number of hydrogen-bond donors (Lipinski definition) is 1. The minimum absolute atomic E-state index is 0.0603. The van der Waals surface area contributed by atoms with E-state index < -0.39 is 11.9 Å². The molecule has 0 bridgehead atoms. The van der Waals surface area contributed by atoms with Crippen LogP contribution in [0.2, 0.25) is 0 Å². The molecule has 1 fully saturated rings. The van der Waals surface area contributed by atoms with Crippen molar-refractivity contribution in [3.63, 3.8) is 0 Å². The molecule has 0 spiro atoms. The van der Waals surface area contributed by atoms with Crippen molar-refractivity contribution in [2.45, 2.75) is 29.9 Å². The topological polar surface area (TPSA) is 57.6 Å². The normalized spacial score (nSPS) is 19.9. The monoisotopic (exact) mass is 293 g/mol. The molecule has 108 valence electrons. The summed E-state index contributed by atoms with van der Waals surface area (Å²) in [6.45, 7) is 2.89. The maximum absolute atomic E-state index is 12.5. The highest BCUT2D eigenvalue weighted by Gasteiger charge is 2.33. The lowest BCUT2D eigenvalue weighted by Gasteiger charge is -2.22. The van der Waals surface area contributed by atoms with Gasteiger partial charge in [0.05, 0.1) is 11.2 Å². The molecule has 0 aliphatic carbocycles. The number of aliphatic carboxylic acids is 1. The van der Waals surface area contributed by atoms with E-state index in [0.29, 0.717) is 19.5 Å². The van der Waals surface area contributed by atoms with Crippen LogP contribution in [0.25, 0.3) is 0 Å². The van der Waals surface area contributed by atoms with Crippen LogP contribution in [0.4, 0.5) is 0 Å². The molecule has 1 aliphatic rings. The number of carboxylic acids is 1.